The Bertz CT molecular complexity index is 450. The van der Waals surface area contributed by atoms with Crippen LogP contribution < -0.4 is 5.32 Å². The van der Waals surface area contributed by atoms with Gasteiger partial charge in [-0.1, -0.05) is 6.92 Å². The highest BCUT2D eigenvalue weighted by molar-refractivity contribution is 5.11. The summed E-state index contributed by atoms with van der Waals surface area (Å²) in [6, 6.07) is 0.257. The molecule has 1 fully saturated rings. The van der Waals surface area contributed by atoms with E-state index in [4.69, 9.17) is 4.74 Å². The van der Waals surface area contributed by atoms with Gasteiger partial charge in [-0.25, -0.2) is 4.98 Å². The lowest BCUT2D eigenvalue weighted by Crippen LogP contribution is -2.39. The Kier molecular flexibility index (Phi) is 4.26. The molecule has 0 bridgehead atoms. The van der Waals surface area contributed by atoms with Crippen LogP contribution in [-0.2, 0) is 11.8 Å². The monoisotopic (exact) mass is 279 g/mol. The average Bonchev–Trinajstić information content (AvgIpc) is 2.81. The lowest BCUT2D eigenvalue weighted by molar-refractivity contribution is -0.0779. The van der Waals surface area contributed by atoms with Crippen LogP contribution in [-0.4, -0.2) is 27.3 Å². The Morgan fingerprint density at radius 2 is 2.15 bits per heavy atom. The summed E-state index contributed by atoms with van der Waals surface area (Å²) >= 11 is 0. The van der Waals surface area contributed by atoms with Gasteiger partial charge in [-0.05, 0) is 47.1 Å². The third kappa shape index (κ3) is 3.23. The van der Waals surface area contributed by atoms with Gasteiger partial charge >= 0.3 is 0 Å². The van der Waals surface area contributed by atoms with Crippen LogP contribution in [0.5, 0.6) is 0 Å². The topological polar surface area (TPSA) is 39.1 Å². The van der Waals surface area contributed by atoms with Crippen molar-refractivity contribution >= 4 is 0 Å². The predicted molar refractivity (Wildman–Crippen MR) is 81.6 cm³/mol. The van der Waals surface area contributed by atoms with Gasteiger partial charge in [0.15, 0.2) is 0 Å². The van der Waals surface area contributed by atoms with Gasteiger partial charge in [0.05, 0.1) is 29.3 Å². The summed E-state index contributed by atoms with van der Waals surface area (Å²) in [6.45, 7) is 12.0. The lowest BCUT2D eigenvalue weighted by atomic mass is 9.80. The van der Waals surface area contributed by atoms with Crippen LogP contribution in [0.3, 0.4) is 0 Å². The van der Waals surface area contributed by atoms with Crippen LogP contribution in [0.4, 0.5) is 0 Å². The summed E-state index contributed by atoms with van der Waals surface area (Å²) in [5.74, 6) is 0.430. The molecule has 4 nitrogen and oxygen atoms in total. The highest BCUT2D eigenvalue weighted by atomic mass is 16.5. The smallest absolute Gasteiger partial charge is 0.0947 e. The SMILES string of the molecule is CCCNC(c1cn(C)cn1)C1CC(C)(C)OC1(C)C. The number of aromatic nitrogens is 2. The minimum Gasteiger partial charge on any atom is -0.369 e. The van der Waals surface area contributed by atoms with E-state index in [1.54, 1.807) is 0 Å². The molecule has 0 radical (unpaired) electrons. The average molecular weight is 279 g/mol. The first-order chi connectivity index (χ1) is 9.25. The predicted octanol–water partition coefficient (Wildman–Crippen LogP) is 3.05. The third-order valence-electron chi connectivity index (χ3n) is 4.20. The number of ether oxygens (including phenoxy) is 1. The fourth-order valence-electron chi connectivity index (χ4n) is 3.47. The van der Waals surface area contributed by atoms with E-state index in [1.165, 1.54) is 0 Å². The minimum atomic E-state index is -0.133. The Hall–Kier alpha value is -0.870. The van der Waals surface area contributed by atoms with Crippen molar-refractivity contribution in [2.75, 3.05) is 6.54 Å². The molecular formula is C16H29N3O. The molecule has 1 aliphatic rings. The second-order valence-corrected chi connectivity index (χ2v) is 7.17. The molecule has 1 aromatic rings. The minimum absolute atomic E-state index is 0.0604. The van der Waals surface area contributed by atoms with Gasteiger partial charge in [-0.3, -0.25) is 0 Å². The summed E-state index contributed by atoms with van der Waals surface area (Å²) in [6.07, 6.45) is 6.18. The summed E-state index contributed by atoms with van der Waals surface area (Å²) in [5, 5.41) is 3.68. The molecule has 20 heavy (non-hydrogen) atoms. The molecule has 2 atom stereocenters. The van der Waals surface area contributed by atoms with Crippen molar-refractivity contribution in [2.24, 2.45) is 13.0 Å². The molecular weight excluding hydrogens is 250 g/mol. The number of nitrogens with zero attached hydrogens (tertiary/aromatic N) is 2. The van der Waals surface area contributed by atoms with E-state index in [9.17, 15) is 0 Å². The first-order valence-corrected chi connectivity index (χ1v) is 7.66. The van der Waals surface area contributed by atoms with Crippen molar-refractivity contribution in [1.82, 2.24) is 14.9 Å². The summed E-state index contributed by atoms with van der Waals surface area (Å²) in [7, 11) is 2.02. The number of aryl methyl sites for hydroxylation is 1. The Morgan fingerprint density at radius 1 is 1.45 bits per heavy atom. The van der Waals surface area contributed by atoms with Crippen LogP contribution in [0.2, 0.25) is 0 Å². The van der Waals surface area contributed by atoms with Gasteiger partial charge in [-0.15, -0.1) is 0 Å². The van der Waals surface area contributed by atoms with Crippen molar-refractivity contribution in [3.8, 4) is 0 Å². The first-order valence-electron chi connectivity index (χ1n) is 7.66. The summed E-state index contributed by atoms with van der Waals surface area (Å²) in [4.78, 5) is 4.57. The number of rotatable bonds is 5. The molecule has 2 heterocycles. The molecule has 0 aromatic carbocycles. The molecule has 0 amide bonds. The van der Waals surface area contributed by atoms with Crippen LogP contribution in [0, 0.1) is 5.92 Å². The molecule has 1 saturated heterocycles. The largest absolute Gasteiger partial charge is 0.369 e. The van der Waals surface area contributed by atoms with Gasteiger partial charge in [0.2, 0.25) is 0 Å². The molecule has 4 heteroatoms. The first kappa shape index (κ1) is 15.5. The molecule has 0 aliphatic carbocycles. The normalized spacial score (nSPS) is 25.8. The maximum Gasteiger partial charge on any atom is 0.0947 e. The fraction of sp³-hybridized carbons (Fsp3) is 0.812. The van der Waals surface area contributed by atoms with Gasteiger partial charge in [0, 0.05) is 19.2 Å². The molecule has 1 aromatic heterocycles. The zero-order valence-corrected chi connectivity index (χ0v) is 13.7. The molecule has 0 saturated carbocycles. The van der Waals surface area contributed by atoms with E-state index in [-0.39, 0.29) is 17.2 Å². The fourth-order valence-corrected chi connectivity index (χ4v) is 3.47. The standard InChI is InChI=1S/C16H29N3O/c1-7-8-17-14(13-10-19(6)11-18-13)12-9-15(2,3)20-16(12,4)5/h10-12,14,17H,7-9H2,1-6H3. The maximum atomic E-state index is 6.26. The number of imidazole rings is 1. The van der Waals surface area contributed by atoms with E-state index < -0.39 is 0 Å². The van der Waals surface area contributed by atoms with Gasteiger partial charge < -0.3 is 14.6 Å². The number of nitrogens with one attached hydrogen (secondary N) is 1. The van der Waals surface area contributed by atoms with Crippen molar-refractivity contribution in [1.29, 1.82) is 0 Å². The lowest BCUT2D eigenvalue weighted by Gasteiger charge is -2.32. The van der Waals surface area contributed by atoms with Crippen molar-refractivity contribution in [3.63, 3.8) is 0 Å². The third-order valence-corrected chi connectivity index (χ3v) is 4.20. The quantitative estimate of drug-likeness (QED) is 0.900. The molecule has 2 rings (SSSR count). The highest BCUT2D eigenvalue weighted by Crippen LogP contribution is 2.47. The molecule has 1 N–H and O–H groups in total. The molecule has 2 unspecified atom stereocenters. The zero-order chi connectivity index (χ0) is 15.0. The second-order valence-electron chi connectivity index (χ2n) is 7.17. The highest BCUT2D eigenvalue weighted by Gasteiger charge is 2.49. The van der Waals surface area contributed by atoms with Crippen molar-refractivity contribution in [3.05, 3.63) is 18.2 Å². The van der Waals surface area contributed by atoms with Crippen LogP contribution in [0.1, 0.15) is 59.2 Å². The number of hydrogen-bond donors (Lipinski definition) is 1. The van der Waals surface area contributed by atoms with E-state index in [0.29, 0.717) is 5.92 Å². The Labute approximate surface area is 122 Å². The maximum absolute atomic E-state index is 6.26. The van der Waals surface area contributed by atoms with E-state index >= 15 is 0 Å². The van der Waals surface area contributed by atoms with Crippen LogP contribution in [0.25, 0.3) is 0 Å². The Morgan fingerprint density at radius 3 is 2.60 bits per heavy atom. The number of hydrogen-bond acceptors (Lipinski definition) is 3. The van der Waals surface area contributed by atoms with E-state index in [2.05, 4.69) is 51.1 Å². The summed E-state index contributed by atoms with van der Waals surface area (Å²) < 4.78 is 8.28. The van der Waals surface area contributed by atoms with E-state index in [1.807, 2.05) is 17.9 Å². The second kappa shape index (κ2) is 5.49. The molecule has 1 aliphatic heterocycles. The van der Waals surface area contributed by atoms with Gasteiger partial charge in [0.25, 0.3) is 0 Å². The van der Waals surface area contributed by atoms with E-state index in [0.717, 1.165) is 25.1 Å². The van der Waals surface area contributed by atoms with Gasteiger partial charge in [0.1, 0.15) is 0 Å². The summed E-state index contributed by atoms with van der Waals surface area (Å²) in [5.41, 5.74) is 0.932. The Balaban J connectivity index is 2.27. The zero-order valence-electron chi connectivity index (χ0n) is 13.7. The molecule has 0 spiro atoms. The molecule has 114 valence electrons. The van der Waals surface area contributed by atoms with Crippen molar-refractivity contribution in [2.45, 2.75) is 64.7 Å². The van der Waals surface area contributed by atoms with Gasteiger partial charge in [-0.2, -0.15) is 0 Å². The van der Waals surface area contributed by atoms with Crippen LogP contribution >= 0.6 is 0 Å². The van der Waals surface area contributed by atoms with Crippen molar-refractivity contribution < 1.29 is 4.74 Å². The van der Waals surface area contributed by atoms with Crippen LogP contribution in [0.15, 0.2) is 12.5 Å².